The molecule has 2 atom stereocenters. The zero-order valence-electron chi connectivity index (χ0n) is 18.6. The molecule has 0 saturated carbocycles. The highest BCUT2D eigenvalue weighted by molar-refractivity contribution is 7.10. The summed E-state index contributed by atoms with van der Waals surface area (Å²) in [5.74, 6) is 0.579. The van der Waals surface area contributed by atoms with Gasteiger partial charge in [-0.3, -0.25) is 9.69 Å². The minimum atomic E-state index is -0.603. The van der Waals surface area contributed by atoms with Crippen LogP contribution in [-0.2, 0) is 4.79 Å². The summed E-state index contributed by atoms with van der Waals surface area (Å²) in [4.78, 5) is 29.2. The number of rotatable bonds is 8. The molecule has 3 rings (SSSR count). The third-order valence-electron chi connectivity index (χ3n) is 5.87. The van der Waals surface area contributed by atoms with Crippen LogP contribution in [0.25, 0.3) is 0 Å². The van der Waals surface area contributed by atoms with E-state index in [1.165, 1.54) is 17.7 Å². The fourth-order valence-corrected chi connectivity index (χ4v) is 4.76. The van der Waals surface area contributed by atoms with Gasteiger partial charge in [-0.1, -0.05) is 45.0 Å². The van der Waals surface area contributed by atoms with Gasteiger partial charge in [-0.25, -0.2) is 4.79 Å². The van der Waals surface area contributed by atoms with Crippen LogP contribution >= 0.6 is 11.3 Å². The summed E-state index contributed by atoms with van der Waals surface area (Å²) in [5, 5.41) is 10.8. The number of nitrogens with one attached hydrogen (secondary N) is 3. The maximum atomic E-state index is 13.0. The molecule has 1 aliphatic heterocycles. The molecule has 0 bridgehead atoms. The summed E-state index contributed by atoms with van der Waals surface area (Å²) in [6.45, 7) is 8.82. The van der Waals surface area contributed by atoms with Crippen LogP contribution in [-0.4, -0.2) is 42.5 Å². The molecule has 1 aromatic carbocycles. The average molecular weight is 443 g/mol. The highest BCUT2D eigenvalue weighted by atomic mass is 32.1. The smallest absolute Gasteiger partial charge is 0.319 e. The van der Waals surface area contributed by atoms with Gasteiger partial charge in [0.2, 0.25) is 5.91 Å². The van der Waals surface area contributed by atoms with Crippen molar-refractivity contribution in [3.63, 3.8) is 0 Å². The second kappa shape index (κ2) is 11.3. The van der Waals surface area contributed by atoms with Crippen molar-refractivity contribution >= 4 is 29.0 Å². The first-order valence-electron chi connectivity index (χ1n) is 11.1. The van der Waals surface area contributed by atoms with Crippen LogP contribution in [0.5, 0.6) is 0 Å². The Hall–Kier alpha value is -2.38. The number of hydrogen-bond acceptors (Lipinski definition) is 4. The number of carbonyl (C=O) groups excluding carboxylic acids is 2. The molecule has 0 spiro atoms. The molecule has 1 aromatic heterocycles. The number of hydrogen-bond donors (Lipinski definition) is 3. The van der Waals surface area contributed by atoms with Gasteiger partial charge in [0.1, 0.15) is 6.04 Å². The summed E-state index contributed by atoms with van der Waals surface area (Å²) in [5.41, 5.74) is 0.694. The Morgan fingerprint density at radius 1 is 1.10 bits per heavy atom. The largest absolute Gasteiger partial charge is 0.352 e. The number of carbonyl (C=O) groups is 2. The number of benzene rings is 1. The minimum absolute atomic E-state index is 0.0300. The van der Waals surface area contributed by atoms with E-state index in [2.05, 4.69) is 45.3 Å². The highest BCUT2D eigenvalue weighted by Crippen LogP contribution is 2.29. The predicted molar refractivity (Wildman–Crippen MR) is 127 cm³/mol. The Morgan fingerprint density at radius 3 is 2.42 bits per heavy atom. The van der Waals surface area contributed by atoms with Gasteiger partial charge in [0.05, 0.1) is 6.04 Å². The lowest BCUT2D eigenvalue weighted by Gasteiger charge is -2.36. The van der Waals surface area contributed by atoms with Crippen molar-refractivity contribution < 1.29 is 9.59 Å². The van der Waals surface area contributed by atoms with E-state index in [-0.39, 0.29) is 23.9 Å². The topological polar surface area (TPSA) is 73.5 Å². The van der Waals surface area contributed by atoms with E-state index in [0.717, 1.165) is 19.0 Å². The molecule has 6 nitrogen and oxygen atoms in total. The van der Waals surface area contributed by atoms with E-state index in [1.54, 1.807) is 11.3 Å². The van der Waals surface area contributed by atoms with Gasteiger partial charge in [0.15, 0.2) is 0 Å². The van der Waals surface area contributed by atoms with Crippen LogP contribution in [0.2, 0.25) is 0 Å². The molecule has 7 heteroatoms. The summed E-state index contributed by atoms with van der Waals surface area (Å²) in [7, 11) is 0. The van der Waals surface area contributed by atoms with Crippen molar-refractivity contribution in [2.45, 2.75) is 45.7 Å². The number of likely N-dealkylation sites (tertiary alicyclic amines) is 1. The van der Waals surface area contributed by atoms with E-state index in [4.69, 9.17) is 0 Å². The van der Waals surface area contributed by atoms with Crippen LogP contribution in [0.15, 0.2) is 47.8 Å². The summed E-state index contributed by atoms with van der Waals surface area (Å²) in [6.07, 6.45) is 2.37. The standard InChI is InChI=1S/C24H34N4O2S/c1-17(2)22(27-24(30)26-19-8-5-4-6-9-19)23(29)25-16-20(21-10-7-15-31-21)28-13-11-18(3)12-14-28/h4-10,15,17-18,20,22H,11-14,16H2,1-3H3,(H,25,29)(H2,26,27,30)/t20-,22-/m0/s1. The number of piperidine rings is 1. The van der Waals surface area contributed by atoms with Crippen LogP contribution in [0.4, 0.5) is 10.5 Å². The van der Waals surface area contributed by atoms with Crippen molar-refractivity contribution in [1.82, 2.24) is 15.5 Å². The van der Waals surface area contributed by atoms with Gasteiger partial charge < -0.3 is 16.0 Å². The van der Waals surface area contributed by atoms with Crippen LogP contribution in [0.3, 0.4) is 0 Å². The number of para-hydroxylation sites is 1. The van der Waals surface area contributed by atoms with E-state index < -0.39 is 6.04 Å². The van der Waals surface area contributed by atoms with Crippen LogP contribution in [0.1, 0.15) is 44.5 Å². The summed E-state index contributed by atoms with van der Waals surface area (Å²) < 4.78 is 0. The molecule has 2 aromatic rings. The Labute approximate surface area is 189 Å². The first kappa shape index (κ1) is 23.3. The second-order valence-corrected chi connectivity index (χ2v) is 9.66. The number of amides is 3. The molecule has 0 radical (unpaired) electrons. The lowest BCUT2D eigenvalue weighted by Crippen LogP contribution is -2.52. The molecular weight excluding hydrogens is 408 g/mol. The summed E-state index contributed by atoms with van der Waals surface area (Å²) in [6, 6.07) is 12.6. The molecule has 1 fully saturated rings. The third-order valence-corrected chi connectivity index (χ3v) is 6.84. The molecule has 0 aliphatic carbocycles. The molecule has 1 aliphatic rings. The molecule has 31 heavy (non-hydrogen) atoms. The maximum absolute atomic E-state index is 13.0. The Kier molecular flexibility index (Phi) is 8.49. The number of urea groups is 1. The summed E-state index contributed by atoms with van der Waals surface area (Å²) >= 11 is 1.73. The molecule has 2 heterocycles. The molecule has 3 amide bonds. The van der Waals surface area contributed by atoms with Crippen LogP contribution < -0.4 is 16.0 Å². The van der Waals surface area contributed by atoms with Crippen molar-refractivity contribution in [1.29, 1.82) is 0 Å². The third kappa shape index (κ3) is 6.80. The lowest BCUT2D eigenvalue weighted by atomic mass is 9.97. The van der Waals surface area contributed by atoms with E-state index in [1.807, 2.05) is 44.2 Å². The fourth-order valence-electron chi connectivity index (χ4n) is 3.90. The second-order valence-electron chi connectivity index (χ2n) is 8.68. The number of thiophene rings is 1. The van der Waals surface area contributed by atoms with Gasteiger partial charge >= 0.3 is 6.03 Å². The van der Waals surface area contributed by atoms with Crippen LogP contribution in [0, 0.1) is 11.8 Å². The Morgan fingerprint density at radius 2 is 1.81 bits per heavy atom. The number of anilines is 1. The zero-order chi connectivity index (χ0) is 22.2. The first-order chi connectivity index (χ1) is 14.9. The number of nitrogens with zero attached hydrogens (tertiary/aromatic N) is 1. The van der Waals surface area contributed by atoms with Gasteiger partial charge in [0, 0.05) is 17.1 Å². The quantitative estimate of drug-likeness (QED) is 0.564. The Balaban J connectivity index is 1.60. The van der Waals surface area contributed by atoms with Crippen molar-refractivity contribution in [2.24, 2.45) is 11.8 Å². The normalized spacial score (nSPS) is 17.2. The van der Waals surface area contributed by atoms with Gasteiger partial charge in [-0.15, -0.1) is 11.3 Å². The predicted octanol–water partition coefficient (Wildman–Crippen LogP) is 4.48. The fraction of sp³-hybridized carbons (Fsp3) is 0.500. The zero-order valence-corrected chi connectivity index (χ0v) is 19.5. The van der Waals surface area contributed by atoms with Crippen molar-refractivity contribution in [3.8, 4) is 0 Å². The molecule has 3 N–H and O–H groups in total. The average Bonchev–Trinajstić information content (AvgIpc) is 3.28. The van der Waals surface area contributed by atoms with E-state index in [0.29, 0.717) is 12.2 Å². The molecule has 0 unspecified atom stereocenters. The van der Waals surface area contributed by atoms with Crippen molar-refractivity contribution in [3.05, 3.63) is 52.7 Å². The van der Waals surface area contributed by atoms with E-state index >= 15 is 0 Å². The van der Waals surface area contributed by atoms with Gasteiger partial charge in [-0.05, 0) is 61.3 Å². The molecule has 1 saturated heterocycles. The lowest BCUT2D eigenvalue weighted by molar-refractivity contribution is -0.124. The molecular formula is C24H34N4O2S. The van der Waals surface area contributed by atoms with Gasteiger partial charge in [0.25, 0.3) is 0 Å². The van der Waals surface area contributed by atoms with Crippen molar-refractivity contribution in [2.75, 3.05) is 25.0 Å². The first-order valence-corrected chi connectivity index (χ1v) is 12.0. The van der Waals surface area contributed by atoms with Gasteiger partial charge in [-0.2, -0.15) is 0 Å². The monoisotopic (exact) mass is 442 g/mol. The Bertz CT molecular complexity index is 817. The minimum Gasteiger partial charge on any atom is -0.352 e. The van der Waals surface area contributed by atoms with E-state index in [9.17, 15) is 9.59 Å². The maximum Gasteiger partial charge on any atom is 0.319 e. The molecule has 168 valence electrons. The highest BCUT2D eigenvalue weighted by Gasteiger charge is 2.28. The SMILES string of the molecule is CC1CCN([C@@H](CNC(=O)[C@@H](NC(=O)Nc2ccccc2)C(C)C)c2cccs2)CC1.